The Morgan fingerprint density at radius 1 is 1.44 bits per heavy atom. The third kappa shape index (κ3) is 4.44. The van der Waals surface area contributed by atoms with Crippen LogP contribution in [0.2, 0.25) is 0 Å². The average Bonchev–Trinajstić information content (AvgIpc) is 3.26. The molecular weight excluding hydrogens is 388 g/mol. The van der Waals surface area contributed by atoms with Crippen LogP contribution < -0.4 is 5.56 Å². The Kier molecular flexibility index (Phi) is 6.38. The summed E-state index contributed by atoms with van der Waals surface area (Å²) in [4.78, 5) is 31.0. The van der Waals surface area contributed by atoms with Gasteiger partial charge in [-0.3, -0.25) is 9.36 Å². The van der Waals surface area contributed by atoms with Gasteiger partial charge < -0.3 is 14.6 Å². The second kappa shape index (κ2) is 8.75. The van der Waals surface area contributed by atoms with Gasteiger partial charge in [0.25, 0.3) is 5.56 Å². The van der Waals surface area contributed by atoms with Crippen molar-refractivity contribution in [2.24, 2.45) is 0 Å². The molecule has 27 heavy (non-hydrogen) atoms. The maximum atomic E-state index is 12.8. The molecular formula is C18H20N2O5S2. The molecule has 0 radical (unpaired) electrons. The highest BCUT2D eigenvalue weighted by molar-refractivity contribution is 7.20. The molecule has 0 aliphatic carbocycles. The lowest BCUT2D eigenvalue weighted by atomic mass is 10.2. The van der Waals surface area contributed by atoms with Crippen LogP contribution in [0.15, 0.2) is 28.6 Å². The van der Waals surface area contributed by atoms with Crippen molar-refractivity contribution < 1.29 is 19.4 Å². The van der Waals surface area contributed by atoms with E-state index in [0.717, 1.165) is 16.2 Å². The fourth-order valence-electron chi connectivity index (χ4n) is 2.65. The lowest BCUT2D eigenvalue weighted by Gasteiger charge is -2.12. The first-order valence-corrected chi connectivity index (χ1v) is 10.1. The predicted molar refractivity (Wildman–Crippen MR) is 105 cm³/mol. The molecule has 0 spiro atoms. The second-order valence-corrected chi connectivity index (χ2v) is 7.94. The molecule has 0 aromatic carbocycles. The summed E-state index contributed by atoms with van der Waals surface area (Å²) in [6.07, 6.45) is 0.545. The number of carbonyl (C=O) groups is 1. The first-order valence-electron chi connectivity index (χ1n) is 8.45. The Labute approximate surface area is 163 Å². The van der Waals surface area contributed by atoms with E-state index in [1.165, 1.54) is 10.9 Å². The highest BCUT2D eigenvalue weighted by Crippen LogP contribution is 2.27. The van der Waals surface area contributed by atoms with Crippen LogP contribution in [0.25, 0.3) is 10.2 Å². The molecule has 3 aromatic heterocycles. The molecule has 0 fully saturated rings. The van der Waals surface area contributed by atoms with Gasteiger partial charge in [0.05, 0.1) is 44.2 Å². The third-order valence-corrected chi connectivity index (χ3v) is 5.95. The predicted octanol–water partition coefficient (Wildman–Crippen LogP) is 2.58. The Morgan fingerprint density at radius 3 is 2.96 bits per heavy atom. The van der Waals surface area contributed by atoms with Gasteiger partial charge in [-0.15, -0.1) is 22.7 Å². The zero-order chi connectivity index (χ0) is 19.4. The molecule has 9 heteroatoms. The van der Waals surface area contributed by atoms with Crippen LogP contribution in [0.1, 0.15) is 27.0 Å². The highest BCUT2D eigenvalue weighted by Gasteiger charge is 2.20. The van der Waals surface area contributed by atoms with Gasteiger partial charge in [-0.2, -0.15) is 0 Å². The van der Waals surface area contributed by atoms with Crippen LogP contribution in [-0.2, 0) is 22.6 Å². The van der Waals surface area contributed by atoms with Crippen LogP contribution >= 0.6 is 22.7 Å². The van der Waals surface area contributed by atoms with E-state index in [4.69, 9.17) is 9.47 Å². The van der Waals surface area contributed by atoms with Crippen LogP contribution in [-0.4, -0.2) is 39.9 Å². The van der Waals surface area contributed by atoms with E-state index in [1.54, 1.807) is 25.2 Å². The Hall–Kier alpha value is -2.07. The Bertz CT molecular complexity index is 978. The lowest BCUT2D eigenvalue weighted by Crippen LogP contribution is -2.29. The van der Waals surface area contributed by atoms with E-state index >= 15 is 0 Å². The second-order valence-electron chi connectivity index (χ2n) is 5.91. The van der Waals surface area contributed by atoms with Crippen molar-refractivity contribution >= 4 is 38.9 Å². The van der Waals surface area contributed by atoms with Crippen LogP contribution in [0, 0.1) is 6.92 Å². The summed E-state index contributed by atoms with van der Waals surface area (Å²) >= 11 is 2.72. The normalized spacial score (nSPS) is 12.4. The first-order chi connectivity index (χ1) is 13.0. The third-order valence-electron chi connectivity index (χ3n) is 3.92. The van der Waals surface area contributed by atoms with E-state index in [0.29, 0.717) is 27.3 Å². The minimum Gasteiger partial charge on any atom is -0.462 e. The van der Waals surface area contributed by atoms with Gasteiger partial charge in [0.1, 0.15) is 9.71 Å². The SMILES string of the molecule is CCOC(=O)c1sc2ncn(CC(O)COCc3cccs3)c(=O)c2c1C. The van der Waals surface area contributed by atoms with Gasteiger partial charge in [-0.25, -0.2) is 9.78 Å². The quantitative estimate of drug-likeness (QED) is 0.576. The van der Waals surface area contributed by atoms with E-state index in [-0.39, 0.29) is 25.3 Å². The summed E-state index contributed by atoms with van der Waals surface area (Å²) < 4.78 is 11.9. The minimum atomic E-state index is -0.842. The molecule has 0 amide bonds. The molecule has 3 heterocycles. The summed E-state index contributed by atoms with van der Waals surface area (Å²) in [5.74, 6) is -0.453. The van der Waals surface area contributed by atoms with Crippen molar-refractivity contribution in [3.63, 3.8) is 0 Å². The molecule has 1 atom stereocenters. The number of fused-ring (bicyclic) bond motifs is 1. The molecule has 3 rings (SSSR count). The minimum absolute atomic E-state index is 0.0657. The van der Waals surface area contributed by atoms with Crippen molar-refractivity contribution in [1.82, 2.24) is 9.55 Å². The summed E-state index contributed by atoms with van der Waals surface area (Å²) in [6.45, 7) is 4.30. The van der Waals surface area contributed by atoms with Gasteiger partial charge >= 0.3 is 5.97 Å². The summed E-state index contributed by atoms with van der Waals surface area (Å²) in [5.41, 5.74) is 0.269. The van der Waals surface area contributed by atoms with Crippen LogP contribution in [0.4, 0.5) is 0 Å². The fraction of sp³-hybridized carbons (Fsp3) is 0.389. The van der Waals surface area contributed by atoms with Crippen molar-refractivity contribution in [1.29, 1.82) is 0 Å². The maximum Gasteiger partial charge on any atom is 0.348 e. The average molecular weight is 409 g/mol. The molecule has 144 valence electrons. The largest absolute Gasteiger partial charge is 0.462 e. The number of hydrogen-bond acceptors (Lipinski definition) is 8. The van der Waals surface area contributed by atoms with E-state index in [2.05, 4.69) is 4.98 Å². The molecule has 0 saturated carbocycles. The maximum absolute atomic E-state index is 12.8. The van der Waals surface area contributed by atoms with Gasteiger partial charge in [0, 0.05) is 4.88 Å². The Morgan fingerprint density at radius 2 is 2.26 bits per heavy atom. The number of aliphatic hydroxyl groups is 1. The lowest BCUT2D eigenvalue weighted by molar-refractivity contribution is 0.0207. The fourth-order valence-corrected chi connectivity index (χ4v) is 4.32. The smallest absolute Gasteiger partial charge is 0.348 e. The van der Waals surface area contributed by atoms with Crippen molar-refractivity contribution in [2.75, 3.05) is 13.2 Å². The summed E-state index contributed by atoms with van der Waals surface area (Å²) in [5, 5.41) is 12.5. The zero-order valence-electron chi connectivity index (χ0n) is 15.0. The molecule has 0 aliphatic rings. The number of esters is 1. The Balaban J connectivity index is 1.73. The number of ether oxygens (including phenoxy) is 2. The number of aromatic nitrogens is 2. The molecule has 3 aromatic rings. The molecule has 0 aliphatic heterocycles. The number of nitrogens with zero attached hydrogens (tertiary/aromatic N) is 2. The van der Waals surface area contributed by atoms with Crippen molar-refractivity contribution in [2.45, 2.75) is 33.1 Å². The van der Waals surface area contributed by atoms with Crippen LogP contribution in [0.3, 0.4) is 0 Å². The molecule has 1 unspecified atom stereocenters. The van der Waals surface area contributed by atoms with Crippen LogP contribution in [0.5, 0.6) is 0 Å². The van der Waals surface area contributed by atoms with Crippen molar-refractivity contribution in [3.8, 4) is 0 Å². The van der Waals surface area contributed by atoms with Gasteiger partial charge in [-0.1, -0.05) is 6.07 Å². The summed E-state index contributed by atoms with van der Waals surface area (Å²) in [7, 11) is 0. The standard InChI is InChI=1S/C18H20N2O5S2/c1-3-25-18(23)15-11(2)14-16(27-15)19-10-20(17(14)22)7-12(21)8-24-9-13-5-4-6-26-13/h4-6,10,12,21H,3,7-9H2,1-2H3. The van der Waals surface area contributed by atoms with E-state index < -0.39 is 12.1 Å². The van der Waals surface area contributed by atoms with Gasteiger partial charge in [0.15, 0.2) is 0 Å². The highest BCUT2D eigenvalue weighted by atomic mass is 32.1. The molecule has 1 N–H and O–H groups in total. The number of carbonyl (C=O) groups excluding carboxylic acids is 1. The molecule has 0 bridgehead atoms. The number of hydrogen-bond donors (Lipinski definition) is 1. The number of thiophene rings is 2. The van der Waals surface area contributed by atoms with Crippen molar-refractivity contribution in [3.05, 3.63) is 49.5 Å². The van der Waals surface area contributed by atoms with E-state index in [9.17, 15) is 14.7 Å². The van der Waals surface area contributed by atoms with Gasteiger partial charge in [-0.05, 0) is 30.9 Å². The van der Waals surface area contributed by atoms with Gasteiger partial charge in [0.2, 0.25) is 0 Å². The molecule has 7 nitrogen and oxygen atoms in total. The molecule has 0 saturated heterocycles. The number of aliphatic hydroxyl groups excluding tert-OH is 1. The number of rotatable bonds is 8. The number of aryl methyl sites for hydroxylation is 1. The first kappa shape index (κ1) is 19.7. The van der Waals surface area contributed by atoms with E-state index in [1.807, 2.05) is 17.5 Å². The summed E-state index contributed by atoms with van der Waals surface area (Å²) in [6, 6.07) is 3.90. The topological polar surface area (TPSA) is 90.7 Å². The monoisotopic (exact) mass is 408 g/mol. The zero-order valence-corrected chi connectivity index (χ0v) is 16.6.